The molecule has 0 rings (SSSR count). The zero-order valence-corrected chi connectivity index (χ0v) is 15.2. The van der Waals surface area contributed by atoms with Gasteiger partial charge in [-0.25, -0.2) is 4.79 Å². The van der Waals surface area contributed by atoms with Crippen LogP contribution < -0.4 is 0 Å². The molecule has 0 saturated carbocycles. The first kappa shape index (κ1) is 24.3. The van der Waals surface area contributed by atoms with E-state index in [2.05, 4.69) is 14.2 Å². The van der Waals surface area contributed by atoms with E-state index in [-0.39, 0.29) is 6.42 Å². The molecule has 154 valence electrons. The lowest BCUT2D eigenvalue weighted by Crippen LogP contribution is -2.63. The maximum Gasteiger partial charge on any atom is 0.510 e. The van der Waals surface area contributed by atoms with Crippen LogP contribution in [-0.4, -0.2) is 42.3 Å². The van der Waals surface area contributed by atoms with Crippen molar-refractivity contribution in [3.63, 3.8) is 0 Å². The highest BCUT2D eigenvalue weighted by Crippen LogP contribution is 2.47. The van der Waals surface area contributed by atoms with E-state index in [0.717, 1.165) is 0 Å². The van der Waals surface area contributed by atoms with Crippen molar-refractivity contribution in [2.45, 2.75) is 71.5 Å². The first-order chi connectivity index (χ1) is 11.3. The van der Waals surface area contributed by atoms with Gasteiger partial charge in [-0.05, 0) is 41.0 Å². The standard InChI is InChI=1S/C15H22F6O5/c1-7-12(5,6)9(22)24-8-13(14(16,17)18,15(19,20)21)26-10(23)25-11(2,3)4/h7-8H2,1-6H3. The maximum atomic E-state index is 13.2. The van der Waals surface area contributed by atoms with Gasteiger partial charge in [-0.3, -0.25) is 4.79 Å². The van der Waals surface area contributed by atoms with E-state index in [1.807, 2.05) is 0 Å². The van der Waals surface area contributed by atoms with E-state index in [1.165, 1.54) is 41.5 Å². The summed E-state index contributed by atoms with van der Waals surface area (Å²) < 4.78 is 91.8. The third-order valence-corrected chi connectivity index (χ3v) is 3.41. The van der Waals surface area contributed by atoms with Gasteiger partial charge in [0.2, 0.25) is 0 Å². The molecule has 0 aromatic heterocycles. The Balaban J connectivity index is 5.81. The Labute approximate surface area is 147 Å². The van der Waals surface area contributed by atoms with Crippen LogP contribution in [0.25, 0.3) is 0 Å². The monoisotopic (exact) mass is 396 g/mol. The van der Waals surface area contributed by atoms with Crippen LogP contribution in [0, 0.1) is 5.41 Å². The summed E-state index contributed by atoms with van der Waals surface area (Å²) in [5, 5.41) is 0. The maximum absolute atomic E-state index is 13.2. The Hall–Kier alpha value is -1.68. The second-order valence-electron chi connectivity index (χ2n) is 7.20. The second-order valence-corrected chi connectivity index (χ2v) is 7.20. The quantitative estimate of drug-likeness (QED) is 0.494. The molecule has 5 nitrogen and oxygen atoms in total. The average Bonchev–Trinajstić information content (AvgIpc) is 2.38. The molecule has 0 aromatic carbocycles. The number of ether oxygens (including phenoxy) is 3. The van der Waals surface area contributed by atoms with Crippen LogP contribution in [0.1, 0.15) is 48.0 Å². The van der Waals surface area contributed by atoms with Gasteiger partial charge < -0.3 is 14.2 Å². The molecule has 0 bridgehead atoms. The number of hydrogen-bond donors (Lipinski definition) is 0. The van der Waals surface area contributed by atoms with Crippen molar-refractivity contribution < 1.29 is 50.1 Å². The third-order valence-electron chi connectivity index (χ3n) is 3.41. The Morgan fingerprint density at radius 1 is 0.808 bits per heavy atom. The van der Waals surface area contributed by atoms with E-state index in [9.17, 15) is 35.9 Å². The predicted molar refractivity (Wildman–Crippen MR) is 77.2 cm³/mol. The van der Waals surface area contributed by atoms with Crippen molar-refractivity contribution >= 4 is 12.1 Å². The van der Waals surface area contributed by atoms with E-state index < -0.39 is 47.7 Å². The molecule has 0 spiro atoms. The second kappa shape index (κ2) is 7.51. The van der Waals surface area contributed by atoms with Crippen molar-refractivity contribution in [2.75, 3.05) is 6.61 Å². The van der Waals surface area contributed by atoms with Gasteiger partial charge in [0, 0.05) is 0 Å². The van der Waals surface area contributed by atoms with Crippen molar-refractivity contribution in [3.8, 4) is 0 Å². The molecule has 0 heterocycles. The lowest BCUT2D eigenvalue weighted by Gasteiger charge is -2.36. The van der Waals surface area contributed by atoms with Gasteiger partial charge >= 0.3 is 30.1 Å². The highest BCUT2D eigenvalue weighted by molar-refractivity contribution is 5.75. The van der Waals surface area contributed by atoms with Crippen LogP contribution in [0.5, 0.6) is 0 Å². The van der Waals surface area contributed by atoms with Crippen LogP contribution in [0.15, 0.2) is 0 Å². The molecule has 26 heavy (non-hydrogen) atoms. The summed E-state index contributed by atoms with van der Waals surface area (Å²) in [6.07, 6.45) is -14.3. The molecule has 0 N–H and O–H groups in total. The largest absolute Gasteiger partial charge is 0.510 e. The summed E-state index contributed by atoms with van der Waals surface area (Å²) in [6.45, 7) is 5.46. The van der Waals surface area contributed by atoms with E-state index >= 15 is 0 Å². The van der Waals surface area contributed by atoms with E-state index in [0.29, 0.717) is 0 Å². The summed E-state index contributed by atoms with van der Waals surface area (Å²) in [6, 6.07) is 0. The molecule has 0 aromatic rings. The topological polar surface area (TPSA) is 61.8 Å². The molecule has 0 saturated heterocycles. The van der Waals surface area contributed by atoms with Crippen LogP contribution >= 0.6 is 0 Å². The SMILES string of the molecule is CCC(C)(C)C(=O)OCC(OC(=O)OC(C)(C)C)(C(F)(F)F)C(F)(F)F. The van der Waals surface area contributed by atoms with E-state index in [4.69, 9.17) is 0 Å². The number of alkyl halides is 6. The van der Waals surface area contributed by atoms with Crippen molar-refractivity contribution in [3.05, 3.63) is 0 Å². The molecule has 0 aliphatic carbocycles. The lowest BCUT2D eigenvalue weighted by molar-refractivity contribution is -0.376. The van der Waals surface area contributed by atoms with Crippen molar-refractivity contribution in [1.29, 1.82) is 0 Å². The van der Waals surface area contributed by atoms with Gasteiger partial charge in [-0.1, -0.05) is 6.92 Å². The summed E-state index contributed by atoms with van der Waals surface area (Å²) in [5.74, 6) is -1.30. The fourth-order valence-electron chi connectivity index (χ4n) is 1.39. The zero-order chi connectivity index (χ0) is 21.2. The van der Waals surface area contributed by atoms with Crippen molar-refractivity contribution in [1.82, 2.24) is 0 Å². The molecule has 0 unspecified atom stereocenters. The molecular weight excluding hydrogens is 374 g/mol. The van der Waals surface area contributed by atoms with Gasteiger partial charge in [-0.15, -0.1) is 0 Å². The Morgan fingerprint density at radius 3 is 1.54 bits per heavy atom. The zero-order valence-electron chi connectivity index (χ0n) is 15.2. The molecular formula is C15H22F6O5. The summed E-state index contributed by atoms with van der Waals surface area (Å²) >= 11 is 0. The Bertz CT molecular complexity index is 502. The van der Waals surface area contributed by atoms with Gasteiger partial charge in [0.15, 0.2) is 0 Å². The smallest absolute Gasteiger partial charge is 0.460 e. The number of halogens is 6. The predicted octanol–water partition coefficient (Wildman–Crippen LogP) is 4.78. The van der Waals surface area contributed by atoms with Crippen LogP contribution in [0.3, 0.4) is 0 Å². The molecule has 0 aliphatic heterocycles. The molecule has 0 fully saturated rings. The molecule has 0 radical (unpaired) electrons. The number of carbonyl (C=O) groups is 2. The van der Waals surface area contributed by atoms with Gasteiger partial charge in [-0.2, -0.15) is 26.3 Å². The van der Waals surface area contributed by atoms with Gasteiger partial charge in [0.05, 0.1) is 5.41 Å². The number of hydrogen-bond acceptors (Lipinski definition) is 5. The minimum Gasteiger partial charge on any atom is -0.460 e. The Kier molecular flexibility index (Phi) is 7.03. The lowest BCUT2D eigenvalue weighted by atomic mass is 9.90. The number of carbonyl (C=O) groups excluding carboxylic acids is 2. The van der Waals surface area contributed by atoms with Crippen LogP contribution in [0.4, 0.5) is 31.1 Å². The van der Waals surface area contributed by atoms with Crippen LogP contribution in [-0.2, 0) is 19.0 Å². The number of rotatable bonds is 5. The molecule has 0 amide bonds. The first-order valence-corrected chi connectivity index (χ1v) is 7.52. The van der Waals surface area contributed by atoms with Gasteiger partial charge in [0.1, 0.15) is 12.2 Å². The van der Waals surface area contributed by atoms with E-state index in [1.54, 1.807) is 0 Å². The summed E-state index contributed by atoms with van der Waals surface area (Å²) in [7, 11) is 0. The number of esters is 1. The third kappa shape index (κ3) is 5.94. The molecule has 11 heteroatoms. The average molecular weight is 396 g/mol. The fourth-order valence-corrected chi connectivity index (χ4v) is 1.39. The van der Waals surface area contributed by atoms with Gasteiger partial charge in [0.25, 0.3) is 0 Å². The highest BCUT2D eigenvalue weighted by Gasteiger charge is 2.76. The normalized spacial score (nSPS) is 14.0. The van der Waals surface area contributed by atoms with Crippen molar-refractivity contribution in [2.24, 2.45) is 5.41 Å². The van der Waals surface area contributed by atoms with Crippen LogP contribution in [0.2, 0.25) is 0 Å². The highest BCUT2D eigenvalue weighted by atomic mass is 19.4. The molecule has 0 aliphatic rings. The molecule has 0 atom stereocenters. The summed E-state index contributed by atoms with van der Waals surface area (Å²) in [4.78, 5) is 23.3. The minimum atomic E-state index is -6.11. The minimum absolute atomic E-state index is 0.101. The summed E-state index contributed by atoms with van der Waals surface area (Å²) in [5.41, 5.74) is -7.78. The first-order valence-electron chi connectivity index (χ1n) is 7.52. The Morgan fingerprint density at radius 2 is 1.23 bits per heavy atom. The fraction of sp³-hybridized carbons (Fsp3) is 0.867.